The SMILES string of the molecule is COc1c(Cl)cc2c(c1-c1cc(C(=O)O)[nH]n1)CCCC2. The van der Waals surface area contributed by atoms with Crippen LogP contribution in [0.25, 0.3) is 11.3 Å². The number of hydrogen-bond donors (Lipinski definition) is 2. The Morgan fingerprint density at radius 1 is 1.38 bits per heavy atom. The molecular weight excluding hydrogens is 292 g/mol. The second-order valence-corrected chi connectivity index (χ2v) is 5.49. The number of halogens is 1. The first-order valence-electron chi connectivity index (χ1n) is 6.79. The fourth-order valence-corrected chi connectivity index (χ4v) is 3.18. The molecule has 0 fully saturated rings. The number of hydrogen-bond acceptors (Lipinski definition) is 3. The number of carbonyl (C=O) groups is 1. The molecule has 5 nitrogen and oxygen atoms in total. The summed E-state index contributed by atoms with van der Waals surface area (Å²) in [4.78, 5) is 11.0. The van der Waals surface area contributed by atoms with Crippen LogP contribution in [-0.2, 0) is 12.8 Å². The molecule has 1 aromatic carbocycles. The maximum atomic E-state index is 11.0. The number of aromatic carboxylic acids is 1. The molecule has 3 rings (SSSR count). The molecule has 0 saturated heterocycles. The van der Waals surface area contributed by atoms with Gasteiger partial charge in [0.25, 0.3) is 0 Å². The fraction of sp³-hybridized carbons (Fsp3) is 0.333. The summed E-state index contributed by atoms with van der Waals surface area (Å²) in [5.41, 5.74) is 3.78. The highest BCUT2D eigenvalue weighted by Gasteiger charge is 2.23. The van der Waals surface area contributed by atoms with E-state index in [-0.39, 0.29) is 5.69 Å². The van der Waals surface area contributed by atoms with Crippen molar-refractivity contribution in [3.8, 4) is 17.0 Å². The largest absolute Gasteiger partial charge is 0.494 e. The number of carboxylic acids is 1. The average molecular weight is 307 g/mol. The molecule has 0 aliphatic heterocycles. The standard InChI is InChI=1S/C15H15ClN2O3/c1-21-14-10(16)6-8-4-2-3-5-9(8)13(14)11-7-12(15(19)20)18-17-11/h6-7H,2-5H2,1H3,(H,17,18)(H,19,20). The smallest absolute Gasteiger partial charge is 0.353 e. The molecular formula is C15H15ClN2O3. The van der Waals surface area contributed by atoms with Gasteiger partial charge in [-0.2, -0.15) is 5.10 Å². The van der Waals surface area contributed by atoms with Crippen LogP contribution in [0.4, 0.5) is 0 Å². The molecule has 21 heavy (non-hydrogen) atoms. The number of rotatable bonds is 3. The molecule has 0 radical (unpaired) electrons. The summed E-state index contributed by atoms with van der Waals surface area (Å²) in [7, 11) is 1.56. The Morgan fingerprint density at radius 3 is 2.81 bits per heavy atom. The molecule has 0 unspecified atom stereocenters. The first-order valence-corrected chi connectivity index (χ1v) is 7.17. The third-order valence-corrected chi connectivity index (χ3v) is 4.11. The summed E-state index contributed by atoms with van der Waals surface area (Å²) in [5.74, 6) is -0.482. The van der Waals surface area contributed by atoms with E-state index in [1.54, 1.807) is 7.11 Å². The minimum atomic E-state index is -1.04. The van der Waals surface area contributed by atoms with Crippen LogP contribution in [-0.4, -0.2) is 28.4 Å². The van der Waals surface area contributed by atoms with Gasteiger partial charge in [-0.05, 0) is 48.9 Å². The Balaban J connectivity index is 2.23. The summed E-state index contributed by atoms with van der Waals surface area (Å²) in [6.07, 6.45) is 4.13. The van der Waals surface area contributed by atoms with Crippen molar-refractivity contribution >= 4 is 17.6 Å². The van der Waals surface area contributed by atoms with Gasteiger partial charge >= 0.3 is 5.97 Å². The number of nitrogens with zero attached hydrogens (tertiary/aromatic N) is 1. The summed E-state index contributed by atoms with van der Waals surface area (Å²) in [6, 6.07) is 3.47. The van der Waals surface area contributed by atoms with Gasteiger partial charge in [0.1, 0.15) is 11.4 Å². The first kappa shape index (κ1) is 13.9. The van der Waals surface area contributed by atoms with Crippen LogP contribution in [0.2, 0.25) is 5.02 Å². The maximum absolute atomic E-state index is 11.0. The quantitative estimate of drug-likeness (QED) is 0.912. The highest BCUT2D eigenvalue weighted by Crippen LogP contribution is 2.42. The summed E-state index contributed by atoms with van der Waals surface area (Å²) in [5, 5.41) is 16.2. The van der Waals surface area contributed by atoms with Crippen molar-refractivity contribution in [1.82, 2.24) is 10.2 Å². The number of H-pyrrole nitrogens is 1. The van der Waals surface area contributed by atoms with Gasteiger partial charge in [0.15, 0.2) is 0 Å². The molecule has 1 heterocycles. The normalized spacial score (nSPS) is 13.8. The molecule has 110 valence electrons. The molecule has 2 aromatic rings. The maximum Gasteiger partial charge on any atom is 0.353 e. The lowest BCUT2D eigenvalue weighted by Gasteiger charge is -2.21. The van der Waals surface area contributed by atoms with Crippen LogP contribution in [0, 0.1) is 0 Å². The number of fused-ring (bicyclic) bond motifs is 1. The van der Waals surface area contributed by atoms with Crippen molar-refractivity contribution in [2.75, 3.05) is 7.11 Å². The Labute approximate surface area is 126 Å². The minimum absolute atomic E-state index is 0.0524. The number of benzene rings is 1. The van der Waals surface area contributed by atoms with Gasteiger partial charge in [0.2, 0.25) is 0 Å². The highest BCUT2D eigenvalue weighted by molar-refractivity contribution is 6.32. The predicted molar refractivity (Wildman–Crippen MR) is 79.2 cm³/mol. The minimum Gasteiger partial charge on any atom is -0.494 e. The average Bonchev–Trinajstić information content (AvgIpc) is 2.95. The van der Waals surface area contributed by atoms with E-state index in [0.717, 1.165) is 36.8 Å². The lowest BCUT2D eigenvalue weighted by Crippen LogP contribution is -2.06. The van der Waals surface area contributed by atoms with E-state index in [0.29, 0.717) is 16.5 Å². The number of ether oxygens (including phenoxy) is 1. The zero-order chi connectivity index (χ0) is 15.0. The van der Waals surface area contributed by atoms with Crippen molar-refractivity contribution < 1.29 is 14.6 Å². The van der Waals surface area contributed by atoms with Crippen LogP contribution in [0.5, 0.6) is 5.75 Å². The Hall–Kier alpha value is -2.01. The molecule has 6 heteroatoms. The second kappa shape index (κ2) is 5.41. The Morgan fingerprint density at radius 2 is 2.14 bits per heavy atom. The van der Waals surface area contributed by atoms with Gasteiger partial charge in [-0.1, -0.05) is 11.6 Å². The number of carboxylic acid groups (broad SMARTS) is 1. The summed E-state index contributed by atoms with van der Waals surface area (Å²) < 4.78 is 5.43. The summed E-state index contributed by atoms with van der Waals surface area (Å²) >= 11 is 6.31. The van der Waals surface area contributed by atoms with Crippen LogP contribution in [0.1, 0.15) is 34.5 Å². The van der Waals surface area contributed by atoms with Gasteiger partial charge < -0.3 is 9.84 Å². The molecule has 2 N–H and O–H groups in total. The lowest BCUT2D eigenvalue weighted by molar-refractivity contribution is 0.0690. The third kappa shape index (κ3) is 2.38. The molecule has 1 aromatic heterocycles. The number of aryl methyl sites for hydroxylation is 1. The summed E-state index contributed by atoms with van der Waals surface area (Å²) in [6.45, 7) is 0. The van der Waals surface area contributed by atoms with Gasteiger partial charge in [-0.3, -0.25) is 5.10 Å². The number of methoxy groups -OCH3 is 1. The molecule has 0 saturated carbocycles. The van der Waals surface area contributed by atoms with E-state index < -0.39 is 5.97 Å². The van der Waals surface area contributed by atoms with Gasteiger partial charge in [-0.15, -0.1) is 0 Å². The van der Waals surface area contributed by atoms with Crippen molar-refractivity contribution in [1.29, 1.82) is 0 Å². The van der Waals surface area contributed by atoms with E-state index in [2.05, 4.69) is 10.2 Å². The molecule has 0 amide bonds. The van der Waals surface area contributed by atoms with Crippen molar-refractivity contribution in [3.63, 3.8) is 0 Å². The van der Waals surface area contributed by atoms with Crippen molar-refractivity contribution in [2.45, 2.75) is 25.7 Å². The zero-order valence-corrected chi connectivity index (χ0v) is 12.3. The van der Waals surface area contributed by atoms with Gasteiger partial charge in [0.05, 0.1) is 17.8 Å². The number of aromatic nitrogens is 2. The number of aromatic amines is 1. The molecule has 0 bridgehead atoms. The van der Waals surface area contributed by atoms with Gasteiger partial charge in [-0.25, -0.2) is 4.79 Å². The van der Waals surface area contributed by atoms with E-state index in [9.17, 15) is 4.79 Å². The van der Waals surface area contributed by atoms with E-state index in [1.165, 1.54) is 11.6 Å². The predicted octanol–water partition coefficient (Wildman–Crippen LogP) is 3.32. The van der Waals surface area contributed by atoms with Crippen molar-refractivity contribution in [2.24, 2.45) is 0 Å². The fourth-order valence-electron chi connectivity index (χ4n) is 2.88. The Bertz CT molecular complexity index is 709. The van der Waals surface area contributed by atoms with Crippen LogP contribution >= 0.6 is 11.6 Å². The number of nitrogens with one attached hydrogen (secondary N) is 1. The second-order valence-electron chi connectivity index (χ2n) is 5.08. The Kier molecular flexibility index (Phi) is 3.59. The van der Waals surface area contributed by atoms with Crippen LogP contribution in [0.3, 0.4) is 0 Å². The highest BCUT2D eigenvalue weighted by atomic mass is 35.5. The topological polar surface area (TPSA) is 75.2 Å². The van der Waals surface area contributed by atoms with E-state index in [4.69, 9.17) is 21.4 Å². The molecule has 0 spiro atoms. The van der Waals surface area contributed by atoms with Crippen molar-refractivity contribution in [3.05, 3.63) is 34.0 Å². The van der Waals surface area contributed by atoms with Crippen LogP contribution < -0.4 is 4.74 Å². The molecule has 0 atom stereocenters. The first-order chi connectivity index (χ1) is 10.1. The van der Waals surface area contributed by atoms with Gasteiger partial charge in [0, 0.05) is 5.56 Å². The monoisotopic (exact) mass is 306 g/mol. The lowest BCUT2D eigenvalue weighted by atomic mass is 9.86. The molecule has 1 aliphatic carbocycles. The zero-order valence-electron chi connectivity index (χ0n) is 11.6. The third-order valence-electron chi connectivity index (χ3n) is 3.83. The van der Waals surface area contributed by atoms with E-state index >= 15 is 0 Å². The van der Waals surface area contributed by atoms with Crippen LogP contribution in [0.15, 0.2) is 12.1 Å². The molecule has 1 aliphatic rings. The van der Waals surface area contributed by atoms with E-state index in [1.807, 2.05) is 6.07 Å².